The number of halogens is 2. The van der Waals surface area contributed by atoms with E-state index in [2.05, 4.69) is 0 Å². The molecule has 0 aliphatic heterocycles. The first-order valence-electron chi connectivity index (χ1n) is 5.21. The van der Waals surface area contributed by atoms with Crippen molar-refractivity contribution in [1.82, 2.24) is 4.90 Å². The highest BCUT2D eigenvalue weighted by molar-refractivity contribution is 7.95. The van der Waals surface area contributed by atoms with Gasteiger partial charge in [0.15, 0.2) is 9.84 Å². The fourth-order valence-corrected chi connectivity index (χ4v) is 2.49. The summed E-state index contributed by atoms with van der Waals surface area (Å²) in [7, 11) is -0.372. The Balaban J connectivity index is 3.32. The minimum Gasteiger partial charge on any atom is -0.382 e. The number of Topliss-reactive ketones (excluding diaryl/α,β-unsaturated/α-hetero) is 1. The van der Waals surface area contributed by atoms with Gasteiger partial charge in [-0.25, -0.2) is 8.42 Å². The van der Waals surface area contributed by atoms with E-state index in [0.29, 0.717) is 5.02 Å². The first-order valence-corrected chi connectivity index (χ1v) is 7.85. The van der Waals surface area contributed by atoms with Crippen LogP contribution in [0, 0.1) is 0 Å². The summed E-state index contributed by atoms with van der Waals surface area (Å²) in [4.78, 5) is 13.4. The molecule has 0 saturated heterocycles. The molecular weight excluding hydrogens is 309 g/mol. The number of allylic oxidation sites excluding steroid dienone is 1. The lowest BCUT2D eigenvalue weighted by Gasteiger charge is -2.10. The van der Waals surface area contributed by atoms with Crippen molar-refractivity contribution in [2.75, 3.05) is 20.4 Å². The van der Waals surface area contributed by atoms with Gasteiger partial charge < -0.3 is 4.90 Å². The molecule has 4 nitrogen and oxygen atoms in total. The summed E-state index contributed by atoms with van der Waals surface area (Å²) in [5.41, 5.74) is 0.174. The molecule has 1 aromatic rings. The van der Waals surface area contributed by atoms with Crippen LogP contribution < -0.4 is 0 Å². The topological polar surface area (TPSA) is 54.5 Å². The lowest BCUT2D eigenvalue weighted by Crippen LogP contribution is -2.16. The van der Waals surface area contributed by atoms with Gasteiger partial charge in [0.2, 0.25) is 5.78 Å². The van der Waals surface area contributed by atoms with E-state index < -0.39 is 15.6 Å². The molecule has 19 heavy (non-hydrogen) atoms. The lowest BCUT2D eigenvalue weighted by molar-refractivity contribution is 0.104. The van der Waals surface area contributed by atoms with Crippen LogP contribution >= 0.6 is 23.2 Å². The molecule has 0 bridgehead atoms. The quantitative estimate of drug-likeness (QED) is 0.632. The molecule has 0 atom stereocenters. The molecular formula is C12H13Cl2NO3S. The summed E-state index contributed by atoms with van der Waals surface area (Å²) in [6, 6.07) is 4.23. The average molecular weight is 322 g/mol. The number of carbonyl (C=O) groups is 1. The summed E-state index contributed by atoms with van der Waals surface area (Å²) in [6.07, 6.45) is 2.25. The SMILES string of the molecule is CN(C)/C=C(/C(=O)c1ccc(Cl)c(Cl)c1)S(C)(=O)=O. The van der Waals surface area contributed by atoms with Crippen LogP contribution in [-0.4, -0.2) is 39.5 Å². The van der Waals surface area contributed by atoms with Crippen molar-refractivity contribution in [2.45, 2.75) is 0 Å². The number of rotatable bonds is 4. The Morgan fingerprint density at radius 3 is 2.21 bits per heavy atom. The minimum absolute atomic E-state index is 0.174. The Kier molecular flexibility index (Phi) is 5.01. The van der Waals surface area contributed by atoms with Crippen LogP contribution in [0.4, 0.5) is 0 Å². The highest BCUT2D eigenvalue weighted by atomic mass is 35.5. The fraction of sp³-hybridized carbons (Fsp3) is 0.250. The van der Waals surface area contributed by atoms with Gasteiger partial charge in [-0.15, -0.1) is 0 Å². The third-order valence-corrected chi connectivity index (χ3v) is 4.01. The molecule has 0 N–H and O–H groups in total. The highest BCUT2D eigenvalue weighted by Gasteiger charge is 2.22. The molecule has 0 aliphatic carbocycles. The number of benzene rings is 1. The standard InChI is InChI=1S/C12H13Cl2NO3S/c1-15(2)7-11(19(3,17)18)12(16)8-4-5-9(13)10(14)6-8/h4-7H,1-3H3/b11-7-. The summed E-state index contributed by atoms with van der Waals surface area (Å²) in [6.45, 7) is 0. The van der Waals surface area contributed by atoms with Gasteiger partial charge in [0, 0.05) is 32.1 Å². The highest BCUT2D eigenvalue weighted by Crippen LogP contribution is 2.24. The average Bonchev–Trinajstić information content (AvgIpc) is 2.27. The van der Waals surface area contributed by atoms with Crippen molar-refractivity contribution in [3.05, 3.63) is 44.9 Å². The summed E-state index contributed by atoms with van der Waals surface area (Å²) < 4.78 is 23.3. The van der Waals surface area contributed by atoms with Crippen molar-refractivity contribution in [3.8, 4) is 0 Å². The summed E-state index contributed by atoms with van der Waals surface area (Å²) >= 11 is 11.6. The first-order chi connectivity index (χ1) is 8.62. The van der Waals surface area contributed by atoms with Crippen LogP contribution in [0.3, 0.4) is 0 Å². The van der Waals surface area contributed by atoms with E-state index in [0.717, 1.165) is 6.26 Å². The molecule has 7 heteroatoms. The number of hydrogen-bond acceptors (Lipinski definition) is 4. The van der Waals surface area contributed by atoms with Crippen molar-refractivity contribution in [3.63, 3.8) is 0 Å². The number of nitrogens with zero attached hydrogens (tertiary/aromatic N) is 1. The van der Waals surface area contributed by atoms with Gasteiger partial charge >= 0.3 is 0 Å². The maximum atomic E-state index is 12.2. The Morgan fingerprint density at radius 2 is 1.79 bits per heavy atom. The second kappa shape index (κ2) is 5.94. The molecule has 104 valence electrons. The number of sulfone groups is 1. The number of ketones is 1. The summed E-state index contributed by atoms with van der Waals surface area (Å²) in [5.74, 6) is -0.616. The molecule has 0 unspecified atom stereocenters. The van der Waals surface area contributed by atoms with Gasteiger partial charge in [0.25, 0.3) is 0 Å². The predicted molar refractivity (Wildman–Crippen MR) is 77.4 cm³/mol. The molecule has 0 amide bonds. The summed E-state index contributed by atoms with van der Waals surface area (Å²) in [5, 5.41) is 0.501. The van der Waals surface area contributed by atoms with Gasteiger partial charge in [-0.05, 0) is 18.2 Å². The molecule has 1 aromatic carbocycles. The van der Waals surface area contributed by atoms with Crippen molar-refractivity contribution < 1.29 is 13.2 Å². The Bertz CT molecular complexity index is 636. The zero-order valence-corrected chi connectivity index (χ0v) is 13.0. The van der Waals surface area contributed by atoms with E-state index in [4.69, 9.17) is 23.2 Å². The third-order valence-electron chi connectivity index (χ3n) is 2.18. The van der Waals surface area contributed by atoms with E-state index >= 15 is 0 Å². The second-order valence-corrected chi connectivity index (χ2v) is 6.99. The zero-order chi connectivity index (χ0) is 14.8. The van der Waals surface area contributed by atoms with E-state index in [1.165, 1.54) is 29.3 Å². The van der Waals surface area contributed by atoms with E-state index in [1.54, 1.807) is 14.1 Å². The van der Waals surface area contributed by atoms with Crippen LogP contribution in [0.2, 0.25) is 10.0 Å². The number of carbonyl (C=O) groups excluding carboxylic acids is 1. The fourth-order valence-electron chi connectivity index (χ4n) is 1.34. The van der Waals surface area contributed by atoms with E-state index in [1.807, 2.05) is 0 Å². The lowest BCUT2D eigenvalue weighted by atomic mass is 10.1. The molecule has 0 spiro atoms. The monoisotopic (exact) mass is 321 g/mol. The van der Waals surface area contributed by atoms with Gasteiger partial charge in [0.05, 0.1) is 10.0 Å². The first kappa shape index (κ1) is 16.0. The smallest absolute Gasteiger partial charge is 0.205 e. The van der Waals surface area contributed by atoms with Crippen LogP contribution in [0.25, 0.3) is 0 Å². The molecule has 0 radical (unpaired) electrons. The van der Waals surface area contributed by atoms with E-state index in [9.17, 15) is 13.2 Å². The molecule has 0 aromatic heterocycles. The third kappa shape index (κ3) is 4.23. The van der Waals surface area contributed by atoms with Gasteiger partial charge in [-0.1, -0.05) is 23.2 Å². The maximum absolute atomic E-state index is 12.2. The maximum Gasteiger partial charge on any atom is 0.205 e. The van der Waals surface area contributed by atoms with Gasteiger partial charge in [-0.2, -0.15) is 0 Å². The second-order valence-electron chi connectivity index (χ2n) is 4.19. The molecule has 1 rings (SSSR count). The van der Waals surface area contributed by atoms with Gasteiger partial charge in [0.1, 0.15) is 4.91 Å². The van der Waals surface area contributed by atoms with Crippen molar-refractivity contribution in [2.24, 2.45) is 0 Å². The molecule has 0 heterocycles. The minimum atomic E-state index is -3.64. The Morgan fingerprint density at radius 1 is 1.21 bits per heavy atom. The molecule has 0 aliphatic rings. The molecule has 0 saturated carbocycles. The predicted octanol–water partition coefficient (Wildman–Crippen LogP) is 2.62. The van der Waals surface area contributed by atoms with Gasteiger partial charge in [-0.3, -0.25) is 4.79 Å². The van der Waals surface area contributed by atoms with Crippen LogP contribution in [0.5, 0.6) is 0 Å². The number of hydrogen-bond donors (Lipinski definition) is 0. The largest absolute Gasteiger partial charge is 0.382 e. The Labute approximate surface area is 122 Å². The normalized spacial score (nSPS) is 12.4. The Hall–Kier alpha value is -1.04. The van der Waals surface area contributed by atoms with E-state index in [-0.39, 0.29) is 15.5 Å². The van der Waals surface area contributed by atoms with Crippen molar-refractivity contribution >= 4 is 38.8 Å². The van der Waals surface area contributed by atoms with Crippen LogP contribution in [-0.2, 0) is 9.84 Å². The van der Waals surface area contributed by atoms with Crippen LogP contribution in [0.15, 0.2) is 29.3 Å². The zero-order valence-electron chi connectivity index (χ0n) is 10.6. The van der Waals surface area contributed by atoms with Crippen LogP contribution in [0.1, 0.15) is 10.4 Å². The molecule has 0 fully saturated rings. The van der Waals surface area contributed by atoms with Crippen molar-refractivity contribution in [1.29, 1.82) is 0 Å².